The lowest BCUT2D eigenvalue weighted by molar-refractivity contribution is 0.505. The first-order valence-electron chi connectivity index (χ1n) is 3.25. The van der Waals surface area contributed by atoms with E-state index < -0.39 is 8.03 Å². The van der Waals surface area contributed by atoms with Gasteiger partial charge in [0, 0.05) is 6.04 Å². The molecule has 0 saturated heterocycles. The van der Waals surface area contributed by atoms with E-state index in [4.69, 9.17) is 10.6 Å². The SMILES string of the molecule is NC1CC=C(C[P+](=O)O)C1. The first-order chi connectivity index (χ1) is 4.68. The van der Waals surface area contributed by atoms with E-state index in [0.29, 0.717) is 6.16 Å². The molecule has 3 N–H and O–H groups in total. The molecule has 0 fully saturated rings. The monoisotopic (exact) mass is 160 g/mol. The summed E-state index contributed by atoms with van der Waals surface area (Å²) in [5, 5.41) is 0. The minimum atomic E-state index is -2.00. The Balaban J connectivity index is 2.37. The number of rotatable bonds is 2. The Hall–Kier alpha value is -0.240. The molecule has 4 heteroatoms. The number of nitrogens with two attached hydrogens (primary N) is 1. The lowest BCUT2D eigenvalue weighted by atomic mass is 10.2. The second-order valence-corrected chi connectivity index (χ2v) is 3.59. The zero-order valence-electron chi connectivity index (χ0n) is 5.66. The van der Waals surface area contributed by atoms with Crippen molar-refractivity contribution in [2.45, 2.75) is 18.9 Å². The molecule has 0 radical (unpaired) electrons. The summed E-state index contributed by atoms with van der Waals surface area (Å²) >= 11 is 0. The smallest absolute Gasteiger partial charge is 0.327 e. The molecule has 0 aromatic rings. The first kappa shape index (κ1) is 7.86. The molecular formula is C6H11NO2P+. The van der Waals surface area contributed by atoms with E-state index in [0.717, 1.165) is 18.4 Å². The summed E-state index contributed by atoms with van der Waals surface area (Å²) in [4.78, 5) is 8.53. The summed E-state index contributed by atoms with van der Waals surface area (Å²) in [6.45, 7) is 0. The van der Waals surface area contributed by atoms with Gasteiger partial charge in [0.15, 0.2) is 6.16 Å². The molecule has 56 valence electrons. The van der Waals surface area contributed by atoms with Gasteiger partial charge < -0.3 is 5.73 Å². The molecule has 1 aliphatic carbocycles. The molecule has 1 rings (SSSR count). The van der Waals surface area contributed by atoms with Crippen LogP contribution >= 0.6 is 8.03 Å². The molecule has 0 aromatic heterocycles. The van der Waals surface area contributed by atoms with Gasteiger partial charge in [-0.25, -0.2) is 0 Å². The lowest BCUT2D eigenvalue weighted by Crippen LogP contribution is -2.15. The largest absolute Gasteiger partial charge is 0.509 e. The van der Waals surface area contributed by atoms with Crippen LogP contribution in [0.2, 0.25) is 0 Å². The zero-order valence-corrected chi connectivity index (χ0v) is 6.55. The van der Waals surface area contributed by atoms with Crippen LogP contribution in [0.4, 0.5) is 0 Å². The minimum absolute atomic E-state index is 0.185. The van der Waals surface area contributed by atoms with E-state index in [9.17, 15) is 4.57 Å². The van der Waals surface area contributed by atoms with Crippen molar-refractivity contribution < 1.29 is 9.46 Å². The van der Waals surface area contributed by atoms with E-state index >= 15 is 0 Å². The van der Waals surface area contributed by atoms with E-state index in [1.54, 1.807) is 0 Å². The average molecular weight is 160 g/mol. The Bertz CT molecular complexity index is 179. The summed E-state index contributed by atoms with van der Waals surface area (Å²) in [6, 6.07) is 0.185. The molecule has 2 unspecified atom stereocenters. The predicted octanol–water partition coefficient (Wildman–Crippen LogP) is 0.769. The predicted molar refractivity (Wildman–Crippen MR) is 40.0 cm³/mol. The summed E-state index contributed by atoms with van der Waals surface area (Å²) in [7, 11) is -2.00. The van der Waals surface area contributed by atoms with Gasteiger partial charge in [-0.2, -0.15) is 4.89 Å². The maximum absolute atomic E-state index is 10.3. The van der Waals surface area contributed by atoms with Crippen molar-refractivity contribution in [2.24, 2.45) is 5.73 Å². The molecule has 0 saturated carbocycles. The third kappa shape index (κ3) is 2.18. The Labute approximate surface area is 60.8 Å². The fourth-order valence-electron chi connectivity index (χ4n) is 1.12. The van der Waals surface area contributed by atoms with Crippen LogP contribution in [0.15, 0.2) is 11.6 Å². The van der Waals surface area contributed by atoms with Crippen LogP contribution in [0.25, 0.3) is 0 Å². The highest BCUT2D eigenvalue weighted by molar-refractivity contribution is 7.38. The van der Waals surface area contributed by atoms with Crippen LogP contribution in [0.5, 0.6) is 0 Å². The number of hydrogen-bond acceptors (Lipinski definition) is 2. The third-order valence-corrected chi connectivity index (χ3v) is 2.25. The van der Waals surface area contributed by atoms with Gasteiger partial charge >= 0.3 is 8.03 Å². The molecule has 2 atom stereocenters. The van der Waals surface area contributed by atoms with E-state index in [-0.39, 0.29) is 6.04 Å². The summed E-state index contributed by atoms with van der Waals surface area (Å²) in [6.07, 6.45) is 3.93. The molecule has 3 nitrogen and oxygen atoms in total. The van der Waals surface area contributed by atoms with Crippen molar-refractivity contribution in [1.82, 2.24) is 0 Å². The highest BCUT2D eigenvalue weighted by Gasteiger charge is 2.20. The Morgan fingerprint density at radius 1 is 1.90 bits per heavy atom. The molecule has 0 bridgehead atoms. The zero-order chi connectivity index (χ0) is 7.56. The molecule has 0 aromatic carbocycles. The van der Waals surface area contributed by atoms with Crippen LogP contribution in [0.1, 0.15) is 12.8 Å². The van der Waals surface area contributed by atoms with Crippen LogP contribution < -0.4 is 5.73 Å². The van der Waals surface area contributed by atoms with Crippen molar-refractivity contribution >= 4 is 8.03 Å². The lowest BCUT2D eigenvalue weighted by Gasteiger charge is -1.96. The van der Waals surface area contributed by atoms with Gasteiger partial charge in [-0.1, -0.05) is 6.08 Å². The van der Waals surface area contributed by atoms with Gasteiger partial charge in [-0.3, -0.25) is 0 Å². The van der Waals surface area contributed by atoms with Gasteiger partial charge in [-0.15, -0.1) is 0 Å². The van der Waals surface area contributed by atoms with Crippen molar-refractivity contribution in [2.75, 3.05) is 6.16 Å². The van der Waals surface area contributed by atoms with Crippen molar-refractivity contribution in [3.05, 3.63) is 11.6 Å². The van der Waals surface area contributed by atoms with E-state index in [1.165, 1.54) is 0 Å². The van der Waals surface area contributed by atoms with Gasteiger partial charge in [0.05, 0.1) is 0 Å². The molecule has 1 aliphatic rings. The maximum Gasteiger partial charge on any atom is 0.509 e. The molecular weight excluding hydrogens is 149 g/mol. The summed E-state index contributed by atoms with van der Waals surface area (Å²) in [5.74, 6) is 0. The number of hydrogen-bond donors (Lipinski definition) is 2. The minimum Gasteiger partial charge on any atom is -0.327 e. The molecule has 0 spiro atoms. The Morgan fingerprint density at radius 3 is 3.00 bits per heavy atom. The van der Waals surface area contributed by atoms with Crippen LogP contribution in [0, 0.1) is 0 Å². The van der Waals surface area contributed by atoms with Gasteiger partial charge in [0.1, 0.15) is 0 Å². The van der Waals surface area contributed by atoms with Gasteiger partial charge in [0.2, 0.25) is 0 Å². The molecule has 10 heavy (non-hydrogen) atoms. The van der Waals surface area contributed by atoms with Crippen LogP contribution in [-0.2, 0) is 4.57 Å². The van der Waals surface area contributed by atoms with Crippen LogP contribution in [-0.4, -0.2) is 17.1 Å². The average Bonchev–Trinajstić information content (AvgIpc) is 2.13. The standard InChI is InChI=1S/C6H10NO2P/c7-6-2-1-5(3-6)4-10(8)9/h1,6H,2-4,7H2/p+1. The topological polar surface area (TPSA) is 63.3 Å². The molecule has 0 heterocycles. The summed E-state index contributed by atoms with van der Waals surface area (Å²) in [5.41, 5.74) is 6.61. The Morgan fingerprint density at radius 2 is 2.60 bits per heavy atom. The van der Waals surface area contributed by atoms with E-state index in [2.05, 4.69) is 0 Å². The second-order valence-electron chi connectivity index (χ2n) is 2.57. The molecule has 0 aliphatic heterocycles. The Kier molecular flexibility index (Phi) is 2.55. The first-order valence-corrected chi connectivity index (χ1v) is 4.65. The fourth-order valence-corrected chi connectivity index (χ4v) is 1.73. The maximum atomic E-state index is 10.3. The van der Waals surface area contributed by atoms with Crippen molar-refractivity contribution in [3.63, 3.8) is 0 Å². The van der Waals surface area contributed by atoms with E-state index in [1.807, 2.05) is 6.08 Å². The summed E-state index contributed by atoms with van der Waals surface area (Å²) < 4.78 is 10.3. The quantitative estimate of drug-likeness (QED) is 0.463. The van der Waals surface area contributed by atoms with Crippen LogP contribution in [0.3, 0.4) is 0 Å². The second kappa shape index (κ2) is 3.24. The fraction of sp³-hybridized carbons (Fsp3) is 0.667. The van der Waals surface area contributed by atoms with Crippen molar-refractivity contribution in [1.29, 1.82) is 0 Å². The molecule has 0 amide bonds. The van der Waals surface area contributed by atoms with Crippen molar-refractivity contribution in [3.8, 4) is 0 Å². The third-order valence-electron chi connectivity index (χ3n) is 1.57. The van der Waals surface area contributed by atoms with Gasteiger partial charge in [0.25, 0.3) is 0 Å². The normalized spacial score (nSPS) is 26.4. The van der Waals surface area contributed by atoms with Gasteiger partial charge in [-0.05, 0) is 23.0 Å². The highest BCUT2D eigenvalue weighted by atomic mass is 31.1. The highest BCUT2D eigenvalue weighted by Crippen LogP contribution is 2.25.